The van der Waals surface area contributed by atoms with Crippen LogP contribution in [0.5, 0.6) is 5.75 Å². The zero-order valence-corrected chi connectivity index (χ0v) is 11.6. The summed E-state index contributed by atoms with van der Waals surface area (Å²) in [4.78, 5) is 0. The lowest BCUT2D eigenvalue weighted by Crippen LogP contribution is -2.16. The Balaban J connectivity index is 2.41. The molecule has 1 unspecified atom stereocenters. The highest BCUT2D eigenvalue weighted by Crippen LogP contribution is 2.22. The minimum absolute atomic E-state index is 0.444. The van der Waals surface area contributed by atoms with Gasteiger partial charge < -0.3 is 10.1 Å². The molecule has 0 fully saturated rings. The summed E-state index contributed by atoms with van der Waals surface area (Å²) in [6.07, 6.45) is 8.10. The predicted molar refractivity (Wildman–Crippen MR) is 78.1 cm³/mol. The highest BCUT2D eigenvalue weighted by molar-refractivity contribution is 5.29. The van der Waals surface area contributed by atoms with Crippen molar-refractivity contribution in [2.45, 2.75) is 38.1 Å². The number of hydrogen-bond donors (Lipinski definition) is 1. The molecule has 0 aliphatic carbocycles. The first kappa shape index (κ1) is 14.8. The summed E-state index contributed by atoms with van der Waals surface area (Å²) >= 11 is 0. The summed E-state index contributed by atoms with van der Waals surface area (Å²) in [6.45, 7) is 3.75. The Morgan fingerprint density at radius 1 is 1.22 bits per heavy atom. The second-order valence-electron chi connectivity index (χ2n) is 4.54. The van der Waals surface area contributed by atoms with E-state index in [-0.39, 0.29) is 0 Å². The van der Waals surface area contributed by atoms with Crippen LogP contribution in [0.3, 0.4) is 0 Å². The topological polar surface area (TPSA) is 21.3 Å². The van der Waals surface area contributed by atoms with Crippen LogP contribution in [0.25, 0.3) is 0 Å². The molecule has 2 nitrogen and oxygen atoms in total. The number of unbranched alkanes of at least 4 members (excludes halogenated alkanes) is 3. The molecule has 1 aromatic carbocycles. The molecule has 100 valence electrons. The highest BCUT2D eigenvalue weighted by Gasteiger charge is 2.08. The third kappa shape index (κ3) is 4.92. The number of rotatable bonds is 9. The number of nitrogens with one attached hydrogen (secondary N) is 1. The Bertz CT molecular complexity index is 331. The third-order valence-electron chi connectivity index (χ3n) is 3.27. The van der Waals surface area contributed by atoms with E-state index in [1.807, 2.05) is 25.3 Å². The summed E-state index contributed by atoms with van der Waals surface area (Å²) < 4.78 is 5.18. The van der Waals surface area contributed by atoms with Crippen molar-refractivity contribution in [3.63, 3.8) is 0 Å². The standard InChI is InChI=1S/C16H25NO/c1-4-5-6-7-8-9-16(17-2)14-10-12-15(18-3)13-11-14/h4,10-13,16-17H,1,5-9H2,2-3H3. The van der Waals surface area contributed by atoms with Crippen LogP contribution in [0.4, 0.5) is 0 Å². The first-order valence-corrected chi connectivity index (χ1v) is 6.74. The smallest absolute Gasteiger partial charge is 0.118 e. The molecule has 0 radical (unpaired) electrons. The molecule has 0 amide bonds. The molecule has 0 bridgehead atoms. The number of hydrogen-bond acceptors (Lipinski definition) is 2. The number of ether oxygens (including phenoxy) is 1. The zero-order chi connectivity index (χ0) is 13.2. The molecular weight excluding hydrogens is 222 g/mol. The van der Waals surface area contributed by atoms with Crippen LogP contribution in [-0.2, 0) is 0 Å². The first-order valence-electron chi connectivity index (χ1n) is 6.74. The fourth-order valence-electron chi connectivity index (χ4n) is 2.13. The van der Waals surface area contributed by atoms with Crippen molar-refractivity contribution in [3.8, 4) is 5.75 Å². The summed E-state index contributed by atoms with van der Waals surface area (Å²) in [5.74, 6) is 0.916. The second-order valence-corrected chi connectivity index (χ2v) is 4.54. The van der Waals surface area contributed by atoms with Crippen LogP contribution in [0, 0.1) is 0 Å². The molecule has 2 heteroatoms. The van der Waals surface area contributed by atoms with Crippen LogP contribution in [0.1, 0.15) is 43.7 Å². The lowest BCUT2D eigenvalue weighted by Gasteiger charge is -2.16. The Morgan fingerprint density at radius 3 is 2.50 bits per heavy atom. The van der Waals surface area contributed by atoms with Gasteiger partial charge >= 0.3 is 0 Å². The maximum atomic E-state index is 5.18. The largest absolute Gasteiger partial charge is 0.497 e. The lowest BCUT2D eigenvalue weighted by atomic mass is 10.00. The van der Waals surface area contributed by atoms with Gasteiger partial charge in [0.2, 0.25) is 0 Å². The van der Waals surface area contributed by atoms with Crippen LogP contribution >= 0.6 is 0 Å². The van der Waals surface area contributed by atoms with E-state index in [2.05, 4.69) is 24.0 Å². The van der Waals surface area contributed by atoms with Crippen LogP contribution in [0.2, 0.25) is 0 Å². The Labute approximate surface area is 111 Å². The quantitative estimate of drug-likeness (QED) is 0.524. The van der Waals surface area contributed by atoms with Gasteiger partial charge in [-0.3, -0.25) is 0 Å². The van der Waals surface area contributed by atoms with E-state index >= 15 is 0 Å². The Hall–Kier alpha value is -1.28. The molecule has 0 heterocycles. The molecule has 1 atom stereocenters. The van der Waals surface area contributed by atoms with Crippen molar-refractivity contribution in [2.75, 3.05) is 14.2 Å². The maximum absolute atomic E-state index is 5.18. The van der Waals surface area contributed by atoms with Crippen LogP contribution < -0.4 is 10.1 Å². The molecule has 0 aliphatic rings. The van der Waals surface area contributed by atoms with Gasteiger partial charge in [0, 0.05) is 6.04 Å². The monoisotopic (exact) mass is 247 g/mol. The predicted octanol–water partition coefficient (Wildman–Crippen LogP) is 4.09. The van der Waals surface area contributed by atoms with Gasteiger partial charge in [0.1, 0.15) is 5.75 Å². The summed E-state index contributed by atoms with van der Waals surface area (Å²) in [7, 11) is 3.73. The summed E-state index contributed by atoms with van der Waals surface area (Å²) in [6, 6.07) is 8.78. The third-order valence-corrected chi connectivity index (χ3v) is 3.27. The van der Waals surface area contributed by atoms with Gasteiger partial charge in [0.25, 0.3) is 0 Å². The van der Waals surface area contributed by atoms with E-state index in [1.54, 1.807) is 7.11 Å². The molecular formula is C16H25NO. The number of allylic oxidation sites excluding steroid dienone is 1. The van der Waals surface area contributed by atoms with Gasteiger partial charge in [-0.25, -0.2) is 0 Å². The van der Waals surface area contributed by atoms with Gasteiger partial charge in [-0.15, -0.1) is 6.58 Å². The molecule has 0 saturated heterocycles. The average molecular weight is 247 g/mol. The van der Waals surface area contributed by atoms with Gasteiger partial charge in [-0.2, -0.15) is 0 Å². The van der Waals surface area contributed by atoms with E-state index in [1.165, 1.54) is 31.2 Å². The zero-order valence-electron chi connectivity index (χ0n) is 11.6. The van der Waals surface area contributed by atoms with E-state index in [4.69, 9.17) is 4.74 Å². The van der Waals surface area contributed by atoms with E-state index in [0.717, 1.165) is 12.2 Å². The minimum atomic E-state index is 0.444. The van der Waals surface area contributed by atoms with Crippen LogP contribution in [-0.4, -0.2) is 14.2 Å². The molecule has 0 aliphatic heterocycles. The molecule has 0 spiro atoms. The van der Waals surface area contributed by atoms with Gasteiger partial charge in [0.05, 0.1) is 7.11 Å². The van der Waals surface area contributed by atoms with Gasteiger partial charge in [-0.1, -0.05) is 31.1 Å². The number of benzene rings is 1. The van der Waals surface area contributed by atoms with E-state index in [9.17, 15) is 0 Å². The lowest BCUT2D eigenvalue weighted by molar-refractivity contribution is 0.414. The maximum Gasteiger partial charge on any atom is 0.118 e. The molecule has 0 saturated carbocycles. The van der Waals surface area contributed by atoms with Gasteiger partial charge in [-0.05, 0) is 44.0 Å². The average Bonchev–Trinajstić information content (AvgIpc) is 2.43. The van der Waals surface area contributed by atoms with Crippen molar-refractivity contribution >= 4 is 0 Å². The van der Waals surface area contributed by atoms with Crippen LogP contribution in [0.15, 0.2) is 36.9 Å². The number of methoxy groups -OCH3 is 1. The van der Waals surface area contributed by atoms with E-state index < -0.39 is 0 Å². The fraction of sp³-hybridized carbons (Fsp3) is 0.500. The molecule has 1 N–H and O–H groups in total. The molecule has 1 rings (SSSR count). The Kier molecular flexibility index (Phi) is 7.19. The van der Waals surface area contributed by atoms with Crippen molar-refractivity contribution in [1.29, 1.82) is 0 Å². The summed E-state index contributed by atoms with van der Waals surface area (Å²) in [5.41, 5.74) is 1.34. The SMILES string of the molecule is C=CCCCCCC(NC)c1ccc(OC)cc1. The fourth-order valence-corrected chi connectivity index (χ4v) is 2.13. The highest BCUT2D eigenvalue weighted by atomic mass is 16.5. The molecule has 18 heavy (non-hydrogen) atoms. The second kappa shape index (κ2) is 8.76. The van der Waals surface area contributed by atoms with E-state index in [0.29, 0.717) is 6.04 Å². The summed E-state index contributed by atoms with van der Waals surface area (Å²) in [5, 5.41) is 3.39. The molecule has 1 aromatic rings. The first-order chi connectivity index (χ1) is 8.81. The van der Waals surface area contributed by atoms with Crippen molar-refractivity contribution in [3.05, 3.63) is 42.5 Å². The van der Waals surface area contributed by atoms with Gasteiger partial charge in [0.15, 0.2) is 0 Å². The molecule has 0 aromatic heterocycles. The van der Waals surface area contributed by atoms with Crippen molar-refractivity contribution in [2.24, 2.45) is 0 Å². The normalized spacial score (nSPS) is 12.1. The van der Waals surface area contributed by atoms with Crippen molar-refractivity contribution < 1.29 is 4.74 Å². The Morgan fingerprint density at radius 2 is 1.94 bits per heavy atom. The van der Waals surface area contributed by atoms with Crippen molar-refractivity contribution in [1.82, 2.24) is 5.32 Å². The minimum Gasteiger partial charge on any atom is -0.497 e.